The lowest BCUT2D eigenvalue weighted by Crippen LogP contribution is -2.31. The Bertz CT molecular complexity index is 368. The lowest BCUT2D eigenvalue weighted by Gasteiger charge is -2.29. The number of hydrogen-bond donors (Lipinski definition) is 1. The molecule has 1 aromatic rings. The standard InChI is InChI=1S/C9H12N2O4/c1-9(2-4-14-5-3-9)8-10-6(7(12)13)15-11-8/h2-5H2,1H3,(H,12,13). The predicted molar refractivity (Wildman–Crippen MR) is 48.7 cm³/mol. The number of hydrogen-bond acceptors (Lipinski definition) is 5. The molecular weight excluding hydrogens is 200 g/mol. The van der Waals surface area contributed by atoms with Crippen molar-refractivity contribution in [3.8, 4) is 0 Å². The zero-order valence-electron chi connectivity index (χ0n) is 8.39. The smallest absolute Gasteiger partial charge is 0.394 e. The molecule has 6 heteroatoms. The fourth-order valence-corrected chi connectivity index (χ4v) is 1.60. The summed E-state index contributed by atoms with van der Waals surface area (Å²) >= 11 is 0. The summed E-state index contributed by atoms with van der Waals surface area (Å²) < 4.78 is 9.88. The average molecular weight is 212 g/mol. The summed E-state index contributed by atoms with van der Waals surface area (Å²) in [7, 11) is 0. The number of rotatable bonds is 2. The molecule has 2 rings (SSSR count). The maximum absolute atomic E-state index is 10.6. The fourth-order valence-electron chi connectivity index (χ4n) is 1.60. The zero-order chi connectivity index (χ0) is 10.9. The maximum Gasteiger partial charge on any atom is 0.394 e. The number of carbonyl (C=O) groups is 1. The van der Waals surface area contributed by atoms with Crippen molar-refractivity contribution in [1.29, 1.82) is 0 Å². The van der Waals surface area contributed by atoms with Gasteiger partial charge in [0.1, 0.15) is 0 Å². The highest BCUT2D eigenvalue weighted by Crippen LogP contribution is 2.31. The first-order valence-electron chi connectivity index (χ1n) is 4.77. The third kappa shape index (κ3) is 1.85. The van der Waals surface area contributed by atoms with Gasteiger partial charge in [-0.2, -0.15) is 4.98 Å². The van der Waals surface area contributed by atoms with Gasteiger partial charge in [0, 0.05) is 18.6 Å². The van der Waals surface area contributed by atoms with E-state index in [9.17, 15) is 4.79 Å². The van der Waals surface area contributed by atoms with Gasteiger partial charge >= 0.3 is 11.9 Å². The number of nitrogens with zero attached hydrogens (tertiary/aromatic N) is 2. The molecule has 0 unspecified atom stereocenters. The number of ether oxygens (including phenoxy) is 1. The Hall–Kier alpha value is -1.43. The molecule has 0 saturated carbocycles. The largest absolute Gasteiger partial charge is 0.474 e. The van der Waals surface area contributed by atoms with Gasteiger partial charge in [-0.15, -0.1) is 0 Å². The Morgan fingerprint density at radius 1 is 1.47 bits per heavy atom. The number of aromatic nitrogens is 2. The first kappa shape index (κ1) is 10.1. The van der Waals surface area contributed by atoms with Crippen LogP contribution < -0.4 is 0 Å². The van der Waals surface area contributed by atoms with Crippen molar-refractivity contribution in [2.45, 2.75) is 25.2 Å². The van der Waals surface area contributed by atoms with Crippen LogP contribution in [0.3, 0.4) is 0 Å². The van der Waals surface area contributed by atoms with Crippen LogP contribution in [0.4, 0.5) is 0 Å². The third-order valence-corrected chi connectivity index (χ3v) is 2.75. The highest BCUT2D eigenvalue weighted by Gasteiger charge is 2.34. The van der Waals surface area contributed by atoms with Crippen LogP contribution in [0.5, 0.6) is 0 Å². The van der Waals surface area contributed by atoms with Gasteiger partial charge in [-0.05, 0) is 12.8 Å². The van der Waals surface area contributed by atoms with E-state index in [4.69, 9.17) is 9.84 Å². The molecular formula is C9H12N2O4. The van der Waals surface area contributed by atoms with E-state index in [1.54, 1.807) is 0 Å². The summed E-state index contributed by atoms with van der Waals surface area (Å²) in [6.07, 6.45) is 1.57. The molecule has 0 amide bonds. The molecule has 82 valence electrons. The molecule has 0 aromatic carbocycles. The summed E-state index contributed by atoms with van der Waals surface area (Å²) in [4.78, 5) is 14.5. The first-order valence-corrected chi connectivity index (χ1v) is 4.77. The Balaban J connectivity index is 2.23. The molecule has 1 saturated heterocycles. The van der Waals surface area contributed by atoms with E-state index in [0.717, 1.165) is 12.8 Å². The molecule has 1 aromatic heterocycles. The second-order valence-corrected chi connectivity index (χ2v) is 3.90. The minimum absolute atomic E-state index is 0.227. The van der Waals surface area contributed by atoms with Gasteiger partial charge in [-0.25, -0.2) is 4.79 Å². The van der Waals surface area contributed by atoms with E-state index in [-0.39, 0.29) is 11.3 Å². The topological polar surface area (TPSA) is 85.5 Å². The molecule has 0 bridgehead atoms. The average Bonchev–Trinajstić information content (AvgIpc) is 2.68. The van der Waals surface area contributed by atoms with Crippen LogP contribution in [-0.4, -0.2) is 34.4 Å². The van der Waals surface area contributed by atoms with Gasteiger partial charge in [0.15, 0.2) is 5.82 Å². The monoisotopic (exact) mass is 212 g/mol. The summed E-state index contributed by atoms with van der Waals surface area (Å²) in [6.45, 7) is 3.28. The van der Waals surface area contributed by atoms with Crippen molar-refractivity contribution in [2.75, 3.05) is 13.2 Å². The van der Waals surface area contributed by atoms with Crippen LogP contribution in [0, 0.1) is 0 Å². The van der Waals surface area contributed by atoms with E-state index in [0.29, 0.717) is 19.0 Å². The van der Waals surface area contributed by atoms with Crippen LogP contribution in [0.25, 0.3) is 0 Å². The van der Waals surface area contributed by atoms with Crippen LogP contribution >= 0.6 is 0 Å². The summed E-state index contributed by atoms with van der Waals surface area (Å²) in [5.41, 5.74) is -0.227. The van der Waals surface area contributed by atoms with Crippen LogP contribution in [0.2, 0.25) is 0 Å². The van der Waals surface area contributed by atoms with Crippen molar-refractivity contribution >= 4 is 5.97 Å². The fraction of sp³-hybridized carbons (Fsp3) is 0.667. The summed E-state index contributed by atoms with van der Waals surface area (Å²) in [6, 6.07) is 0. The van der Waals surface area contributed by atoms with Crippen LogP contribution in [0.15, 0.2) is 4.52 Å². The summed E-state index contributed by atoms with van der Waals surface area (Å²) in [5.74, 6) is -1.08. The SMILES string of the molecule is CC1(c2noc(C(=O)O)n2)CCOCC1. The second kappa shape index (κ2) is 3.62. The van der Waals surface area contributed by atoms with Crippen molar-refractivity contribution in [2.24, 2.45) is 0 Å². The minimum atomic E-state index is -1.19. The van der Waals surface area contributed by atoms with Gasteiger partial charge in [0.25, 0.3) is 0 Å². The van der Waals surface area contributed by atoms with Gasteiger partial charge in [-0.3, -0.25) is 0 Å². The Labute approximate surface area is 86.2 Å². The Morgan fingerprint density at radius 2 is 2.13 bits per heavy atom. The molecule has 15 heavy (non-hydrogen) atoms. The van der Waals surface area contributed by atoms with E-state index in [1.165, 1.54) is 0 Å². The predicted octanol–water partition coefficient (Wildman–Crippen LogP) is 0.836. The van der Waals surface area contributed by atoms with Crippen molar-refractivity contribution in [3.05, 3.63) is 11.7 Å². The maximum atomic E-state index is 10.6. The third-order valence-electron chi connectivity index (χ3n) is 2.75. The number of aromatic carboxylic acids is 1. The van der Waals surface area contributed by atoms with Gasteiger partial charge in [0.2, 0.25) is 0 Å². The van der Waals surface area contributed by atoms with E-state index >= 15 is 0 Å². The number of carboxylic acid groups (broad SMARTS) is 1. The van der Waals surface area contributed by atoms with E-state index in [1.807, 2.05) is 6.92 Å². The molecule has 0 radical (unpaired) electrons. The Morgan fingerprint density at radius 3 is 2.67 bits per heavy atom. The molecule has 6 nitrogen and oxygen atoms in total. The normalized spacial score (nSPS) is 20.1. The van der Waals surface area contributed by atoms with E-state index < -0.39 is 5.97 Å². The van der Waals surface area contributed by atoms with Gasteiger partial charge in [0.05, 0.1) is 0 Å². The van der Waals surface area contributed by atoms with Crippen molar-refractivity contribution < 1.29 is 19.2 Å². The first-order chi connectivity index (χ1) is 7.12. The summed E-state index contributed by atoms with van der Waals surface area (Å²) in [5, 5.41) is 12.4. The second-order valence-electron chi connectivity index (χ2n) is 3.90. The zero-order valence-corrected chi connectivity index (χ0v) is 8.39. The Kier molecular flexibility index (Phi) is 2.44. The van der Waals surface area contributed by atoms with Crippen molar-refractivity contribution in [3.63, 3.8) is 0 Å². The lowest BCUT2D eigenvalue weighted by atomic mass is 9.82. The molecule has 1 aliphatic heterocycles. The lowest BCUT2D eigenvalue weighted by molar-refractivity contribution is 0.0527. The molecule has 0 aliphatic carbocycles. The van der Waals surface area contributed by atoms with Crippen LogP contribution in [-0.2, 0) is 10.2 Å². The highest BCUT2D eigenvalue weighted by atomic mass is 16.5. The van der Waals surface area contributed by atoms with E-state index in [2.05, 4.69) is 14.7 Å². The molecule has 0 spiro atoms. The molecule has 1 fully saturated rings. The molecule has 1 aliphatic rings. The van der Waals surface area contributed by atoms with Crippen LogP contribution in [0.1, 0.15) is 36.3 Å². The molecule has 2 heterocycles. The molecule has 0 atom stereocenters. The van der Waals surface area contributed by atoms with Gasteiger partial charge in [-0.1, -0.05) is 12.1 Å². The highest BCUT2D eigenvalue weighted by molar-refractivity contribution is 5.81. The van der Waals surface area contributed by atoms with Gasteiger partial charge < -0.3 is 14.4 Å². The number of carboxylic acids is 1. The minimum Gasteiger partial charge on any atom is -0.474 e. The van der Waals surface area contributed by atoms with Crippen molar-refractivity contribution in [1.82, 2.24) is 10.1 Å². The quantitative estimate of drug-likeness (QED) is 0.781. The molecule has 1 N–H and O–H groups in total.